The molecule has 3 N–H and O–H groups in total. The van der Waals surface area contributed by atoms with Crippen molar-refractivity contribution in [1.29, 1.82) is 0 Å². The Kier molecular flexibility index (Phi) is 5.96. The number of H-pyrrole nitrogens is 1. The Balaban J connectivity index is 1.21. The third-order valence-electron chi connectivity index (χ3n) is 5.97. The SMILES string of the molecule is O=C(Nc1ccc(Oc2ccnc3c2Oc2ccccc2N3)c(F)c1)c1c[nH]cc(-c2ccc(F)cc2)c1=O. The van der Waals surface area contributed by atoms with Crippen LogP contribution < -0.4 is 25.5 Å². The Labute approximate surface area is 219 Å². The first kappa shape index (κ1) is 23.9. The van der Waals surface area contributed by atoms with Crippen molar-refractivity contribution in [2.75, 3.05) is 10.6 Å². The number of amides is 1. The van der Waals surface area contributed by atoms with Crippen LogP contribution in [0.1, 0.15) is 10.4 Å². The first-order valence-electron chi connectivity index (χ1n) is 11.7. The second-order valence-corrected chi connectivity index (χ2v) is 8.53. The highest BCUT2D eigenvalue weighted by Gasteiger charge is 2.22. The number of aromatic amines is 1. The molecule has 10 heteroatoms. The highest BCUT2D eigenvalue weighted by molar-refractivity contribution is 6.04. The van der Waals surface area contributed by atoms with E-state index in [0.717, 1.165) is 11.8 Å². The fourth-order valence-electron chi connectivity index (χ4n) is 4.07. The fourth-order valence-corrected chi connectivity index (χ4v) is 4.07. The topological polar surface area (TPSA) is 105 Å². The summed E-state index contributed by atoms with van der Waals surface area (Å²) < 4.78 is 40.0. The number of nitrogens with one attached hydrogen (secondary N) is 3. The van der Waals surface area contributed by atoms with Crippen molar-refractivity contribution < 1.29 is 23.0 Å². The van der Waals surface area contributed by atoms with E-state index in [1.165, 1.54) is 55.0 Å². The van der Waals surface area contributed by atoms with Gasteiger partial charge in [-0.1, -0.05) is 24.3 Å². The van der Waals surface area contributed by atoms with Gasteiger partial charge in [-0.2, -0.15) is 0 Å². The first-order chi connectivity index (χ1) is 19.0. The first-order valence-corrected chi connectivity index (χ1v) is 11.7. The number of carbonyl (C=O) groups excluding carboxylic acids is 1. The number of carbonyl (C=O) groups is 1. The van der Waals surface area contributed by atoms with E-state index in [0.29, 0.717) is 22.9 Å². The molecule has 5 aromatic rings. The molecule has 0 unspecified atom stereocenters. The molecular weight excluding hydrogens is 506 g/mol. The van der Waals surface area contributed by atoms with E-state index in [4.69, 9.17) is 9.47 Å². The zero-order valence-electron chi connectivity index (χ0n) is 20.0. The lowest BCUT2D eigenvalue weighted by Gasteiger charge is -2.22. The van der Waals surface area contributed by atoms with Gasteiger partial charge in [0.15, 0.2) is 28.9 Å². The van der Waals surface area contributed by atoms with E-state index >= 15 is 4.39 Å². The predicted octanol–water partition coefficient (Wildman–Crippen LogP) is 6.61. The van der Waals surface area contributed by atoms with Crippen LogP contribution in [0, 0.1) is 11.6 Å². The minimum atomic E-state index is -0.753. The third kappa shape index (κ3) is 4.66. The van der Waals surface area contributed by atoms with Crippen LogP contribution in [-0.4, -0.2) is 15.9 Å². The standard InChI is InChI=1S/C29H18F2N4O4/c30-17-7-5-16(6-8-17)19-14-32-15-20(26(19)36)29(37)34-18-9-10-23(21(31)13-18)38-25-11-12-33-28-27(25)39-24-4-2-1-3-22(24)35-28/h1-15H,(H,32,36)(H,33,35)(H,34,37). The van der Waals surface area contributed by atoms with Crippen molar-refractivity contribution in [2.45, 2.75) is 0 Å². The Morgan fingerprint density at radius 3 is 2.59 bits per heavy atom. The summed E-state index contributed by atoms with van der Waals surface area (Å²) >= 11 is 0. The number of para-hydroxylation sites is 2. The van der Waals surface area contributed by atoms with Gasteiger partial charge in [0.1, 0.15) is 11.4 Å². The van der Waals surface area contributed by atoms with Crippen molar-refractivity contribution in [3.8, 4) is 34.1 Å². The van der Waals surface area contributed by atoms with E-state index < -0.39 is 23.0 Å². The number of fused-ring (bicyclic) bond motifs is 2. The molecular formula is C29H18F2N4O4. The lowest BCUT2D eigenvalue weighted by molar-refractivity contribution is 0.102. The molecule has 1 aliphatic rings. The molecule has 3 aromatic carbocycles. The number of nitrogens with zero attached hydrogens (tertiary/aromatic N) is 1. The van der Waals surface area contributed by atoms with Crippen LogP contribution in [0.5, 0.6) is 23.0 Å². The second kappa shape index (κ2) is 9.75. The highest BCUT2D eigenvalue weighted by Crippen LogP contribution is 2.46. The van der Waals surface area contributed by atoms with Crippen LogP contribution >= 0.6 is 0 Å². The molecule has 0 radical (unpaired) electrons. The zero-order valence-corrected chi connectivity index (χ0v) is 20.0. The lowest BCUT2D eigenvalue weighted by Crippen LogP contribution is -2.22. The zero-order chi connectivity index (χ0) is 26.9. The quantitative estimate of drug-likeness (QED) is 0.234. The fraction of sp³-hybridized carbons (Fsp3) is 0. The number of pyridine rings is 2. The summed E-state index contributed by atoms with van der Waals surface area (Å²) in [5.41, 5.74) is 0.739. The van der Waals surface area contributed by atoms with Gasteiger partial charge in [0.05, 0.1) is 5.69 Å². The highest BCUT2D eigenvalue weighted by atomic mass is 19.1. The molecule has 0 bridgehead atoms. The van der Waals surface area contributed by atoms with Gasteiger partial charge in [-0.3, -0.25) is 9.59 Å². The Morgan fingerprint density at radius 1 is 0.949 bits per heavy atom. The molecule has 192 valence electrons. The number of rotatable bonds is 5. The van der Waals surface area contributed by atoms with Gasteiger partial charge in [0, 0.05) is 42.0 Å². The smallest absolute Gasteiger partial charge is 0.261 e. The lowest BCUT2D eigenvalue weighted by atomic mass is 10.0. The molecule has 1 amide bonds. The Hall–Kier alpha value is -5.51. The average molecular weight is 524 g/mol. The number of hydrogen-bond acceptors (Lipinski definition) is 6. The maximum absolute atomic E-state index is 15.0. The van der Waals surface area contributed by atoms with Crippen LogP contribution in [0.4, 0.5) is 26.0 Å². The molecule has 1 aliphatic heterocycles. The molecule has 0 atom stereocenters. The Bertz CT molecular complexity index is 1790. The van der Waals surface area contributed by atoms with Crippen LogP contribution in [-0.2, 0) is 0 Å². The molecule has 0 saturated heterocycles. The molecule has 6 rings (SSSR count). The van der Waals surface area contributed by atoms with Crippen molar-refractivity contribution >= 4 is 23.1 Å². The summed E-state index contributed by atoms with van der Waals surface area (Å²) in [7, 11) is 0. The molecule has 0 saturated carbocycles. The summed E-state index contributed by atoms with van der Waals surface area (Å²) in [6.07, 6.45) is 4.17. The van der Waals surface area contributed by atoms with Crippen molar-refractivity contribution in [3.05, 3.63) is 119 Å². The largest absolute Gasteiger partial charge is 0.450 e. The van der Waals surface area contributed by atoms with Crippen molar-refractivity contribution in [3.63, 3.8) is 0 Å². The van der Waals surface area contributed by atoms with E-state index in [-0.39, 0.29) is 28.3 Å². The summed E-state index contributed by atoms with van der Waals surface area (Å²) in [6, 6.07) is 18.0. The maximum atomic E-state index is 15.0. The summed E-state index contributed by atoms with van der Waals surface area (Å²) in [6.45, 7) is 0. The predicted molar refractivity (Wildman–Crippen MR) is 141 cm³/mol. The van der Waals surface area contributed by atoms with E-state index in [9.17, 15) is 14.0 Å². The summed E-state index contributed by atoms with van der Waals surface area (Å²) in [5.74, 6) is -0.526. The van der Waals surface area contributed by atoms with Gasteiger partial charge in [0.25, 0.3) is 5.91 Å². The number of benzene rings is 3. The van der Waals surface area contributed by atoms with E-state index in [1.54, 1.807) is 12.1 Å². The number of hydrogen-bond donors (Lipinski definition) is 3. The van der Waals surface area contributed by atoms with Crippen LogP contribution in [0.3, 0.4) is 0 Å². The molecule has 0 spiro atoms. The van der Waals surface area contributed by atoms with Crippen LogP contribution in [0.25, 0.3) is 11.1 Å². The van der Waals surface area contributed by atoms with Crippen LogP contribution in [0.15, 0.2) is 96.2 Å². The van der Waals surface area contributed by atoms with Gasteiger partial charge < -0.3 is 25.1 Å². The molecule has 3 heterocycles. The van der Waals surface area contributed by atoms with E-state index in [2.05, 4.69) is 20.6 Å². The molecule has 8 nitrogen and oxygen atoms in total. The number of halogens is 2. The van der Waals surface area contributed by atoms with Gasteiger partial charge >= 0.3 is 0 Å². The van der Waals surface area contributed by atoms with Crippen molar-refractivity contribution in [2.24, 2.45) is 0 Å². The minimum absolute atomic E-state index is 0.111. The normalized spacial score (nSPS) is 11.4. The van der Waals surface area contributed by atoms with Crippen LogP contribution in [0.2, 0.25) is 0 Å². The number of ether oxygens (including phenoxy) is 2. The van der Waals surface area contributed by atoms with Gasteiger partial charge in [-0.05, 0) is 42.0 Å². The monoisotopic (exact) mass is 524 g/mol. The summed E-state index contributed by atoms with van der Waals surface area (Å²) in [4.78, 5) is 32.8. The van der Waals surface area contributed by atoms with E-state index in [1.807, 2.05) is 18.2 Å². The minimum Gasteiger partial charge on any atom is -0.450 e. The second-order valence-electron chi connectivity index (χ2n) is 8.53. The third-order valence-corrected chi connectivity index (χ3v) is 5.97. The van der Waals surface area contributed by atoms with Gasteiger partial charge in [0.2, 0.25) is 11.2 Å². The average Bonchev–Trinajstić information content (AvgIpc) is 2.94. The molecule has 0 fully saturated rings. The van der Waals surface area contributed by atoms with Crippen molar-refractivity contribution in [1.82, 2.24) is 9.97 Å². The molecule has 2 aromatic heterocycles. The Morgan fingerprint density at radius 2 is 1.77 bits per heavy atom. The summed E-state index contributed by atoms with van der Waals surface area (Å²) in [5, 5.41) is 5.67. The molecule has 39 heavy (non-hydrogen) atoms. The maximum Gasteiger partial charge on any atom is 0.261 e. The number of aromatic nitrogens is 2. The van der Waals surface area contributed by atoms with Gasteiger partial charge in [-0.15, -0.1) is 0 Å². The number of anilines is 3. The van der Waals surface area contributed by atoms with Gasteiger partial charge in [-0.25, -0.2) is 13.8 Å². The molecule has 0 aliphatic carbocycles.